The molecule has 20 heavy (non-hydrogen) atoms. The fourth-order valence-electron chi connectivity index (χ4n) is 2.25. The average Bonchev–Trinajstić information content (AvgIpc) is 2.84. The highest BCUT2D eigenvalue weighted by molar-refractivity contribution is 7.91. The predicted octanol–water partition coefficient (Wildman–Crippen LogP) is 0.399. The first kappa shape index (κ1) is 15.1. The Morgan fingerprint density at radius 2 is 2.30 bits per heavy atom. The standard InChI is InChI=1S/C11H18N4O3S2/c12-9-4-10(19-7-9)20(17,18)15-3-1-2-8(6-15)5-14-11(13)16/h4,7-8H,1-3,5-6,12H2,(H3,13,14,16). The molecule has 2 amide bonds. The summed E-state index contributed by atoms with van der Waals surface area (Å²) in [5.74, 6) is 0.0864. The molecule has 1 atom stereocenters. The van der Waals surface area contributed by atoms with Crippen LogP contribution in [0.2, 0.25) is 0 Å². The van der Waals surface area contributed by atoms with Gasteiger partial charge in [-0.25, -0.2) is 13.2 Å². The summed E-state index contributed by atoms with van der Waals surface area (Å²) < 4.78 is 26.6. The van der Waals surface area contributed by atoms with Gasteiger partial charge in [0.1, 0.15) is 4.21 Å². The van der Waals surface area contributed by atoms with Gasteiger partial charge in [0.15, 0.2) is 0 Å². The molecular weight excluding hydrogens is 300 g/mol. The van der Waals surface area contributed by atoms with Gasteiger partial charge in [0, 0.05) is 30.7 Å². The van der Waals surface area contributed by atoms with E-state index in [4.69, 9.17) is 11.5 Å². The van der Waals surface area contributed by atoms with E-state index in [1.807, 2.05) is 0 Å². The number of thiophene rings is 1. The number of hydrogen-bond acceptors (Lipinski definition) is 5. The van der Waals surface area contributed by atoms with E-state index < -0.39 is 16.1 Å². The first-order valence-corrected chi connectivity index (χ1v) is 8.59. The summed E-state index contributed by atoms with van der Waals surface area (Å²) in [7, 11) is -3.48. The summed E-state index contributed by atoms with van der Waals surface area (Å²) >= 11 is 1.13. The zero-order chi connectivity index (χ0) is 14.8. The number of anilines is 1. The number of piperidine rings is 1. The lowest BCUT2D eigenvalue weighted by Crippen LogP contribution is -2.44. The molecule has 0 bridgehead atoms. The third kappa shape index (κ3) is 3.41. The number of sulfonamides is 1. The summed E-state index contributed by atoms with van der Waals surface area (Å²) in [6, 6.07) is 0.890. The smallest absolute Gasteiger partial charge is 0.312 e. The highest BCUT2D eigenvalue weighted by atomic mass is 32.2. The van der Waals surface area contributed by atoms with Gasteiger partial charge in [-0.15, -0.1) is 11.3 Å². The number of nitrogens with one attached hydrogen (secondary N) is 1. The number of nitrogens with zero attached hydrogens (tertiary/aromatic N) is 1. The van der Waals surface area contributed by atoms with E-state index in [0.29, 0.717) is 25.3 Å². The second-order valence-corrected chi connectivity index (χ2v) is 7.89. The minimum Gasteiger partial charge on any atom is -0.398 e. The van der Waals surface area contributed by atoms with E-state index in [2.05, 4.69) is 5.32 Å². The summed E-state index contributed by atoms with van der Waals surface area (Å²) in [5.41, 5.74) is 11.1. The van der Waals surface area contributed by atoms with Crippen LogP contribution in [0.4, 0.5) is 10.5 Å². The van der Waals surface area contributed by atoms with Gasteiger partial charge in [-0.1, -0.05) is 0 Å². The van der Waals surface area contributed by atoms with Crippen LogP contribution < -0.4 is 16.8 Å². The van der Waals surface area contributed by atoms with E-state index in [-0.39, 0.29) is 10.1 Å². The van der Waals surface area contributed by atoms with Crippen molar-refractivity contribution < 1.29 is 13.2 Å². The van der Waals surface area contributed by atoms with Gasteiger partial charge in [0.2, 0.25) is 0 Å². The Kier molecular flexibility index (Phi) is 4.51. The maximum Gasteiger partial charge on any atom is 0.312 e. The molecule has 0 radical (unpaired) electrons. The van der Waals surface area contributed by atoms with Crippen molar-refractivity contribution in [1.82, 2.24) is 9.62 Å². The molecule has 1 aliphatic rings. The second-order valence-electron chi connectivity index (χ2n) is 4.82. The summed E-state index contributed by atoms with van der Waals surface area (Å²) in [5, 5.41) is 4.15. The molecule has 1 aliphatic heterocycles. The van der Waals surface area contributed by atoms with Crippen LogP contribution in [0.25, 0.3) is 0 Å². The molecule has 2 heterocycles. The minimum absolute atomic E-state index is 0.0864. The summed E-state index contributed by atoms with van der Waals surface area (Å²) in [6.45, 7) is 1.28. The molecule has 0 saturated carbocycles. The Hall–Kier alpha value is -1.32. The van der Waals surface area contributed by atoms with E-state index in [1.54, 1.807) is 5.38 Å². The van der Waals surface area contributed by atoms with Crippen LogP contribution in [-0.2, 0) is 10.0 Å². The number of carbonyl (C=O) groups excluding carboxylic acids is 1. The summed E-state index contributed by atoms with van der Waals surface area (Å²) in [6.07, 6.45) is 1.64. The third-order valence-electron chi connectivity index (χ3n) is 3.24. The molecule has 1 fully saturated rings. The molecule has 1 saturated heterocycles. The third-order valence-corrected chi connectivity index (χ3v) is 6.54. The largest absolute Gasteiger partial charge is 0.398 e. The van der Waals surface area contributed by atoms with Gasteiger partial charge in [-0.05, 0) is 24.8 Å². The Labute approximate surface area is 122 Å². The number of hydrogen-bond donors (Lipinski definition) is 3. The average molecular weight is 318 g/mol. The fraction of sp³-hybridized carbons (Fsp3) is 0.545. The summed E-state index contributed by atoms with van der Waals surface area (Å²) in [4.78, 5) is 10.7. The molecule has 7 nitrogen and oxygen atoms in total. The lowest BCUT2D eigenvalue weighted by atomic mass is 10.00. The van der Waals surface area contributed by atoms with Crippen molar-refractivity contribution in [2.24, 2.45) is 11.7 Å². The molecule has 0 aliphatic carbocycles. The normalized spacial score (nSPS) is 20.7. The second kappa shape index (κ2) is 5.98. The van der Waals surface area contributed by atoms with Crippen LogP contribution in [0.3, 0.4) is 0 Å². The van der Waals surface area contributed by atoms with Crippen molar-refractivity contribution in [2.45, 2.75) is 17.1 Å². The lowest BCUT2D eigenvalue weighted by molar-refractivity contribution is 0.236. The van der Waals surface area contributed by atoms with E-state index in [0.717, 1.165) is 24.2 Å². The Balaban J connectivity index is 2.06. The molecule has 0 spiro atoms. The zero-order valence-corrected chi connectivity index (χ0v) is 12.5. The molecule has 1 aromatic heterocycles. The SMILES string of the molecule is NC(=O)NCC1CCCN(S(=O)(=O)c2cc(N)cs2)C1. The van der Waals surface area contributed by atoms with Crippen molar-refractivity contribution in [3.8, 4) is 0 Å². The highest BCUT2D eigenvalue weighted by Gasteiger charge is 2.31. The molecule has 2 rings (SSSR count). The zero-order valence-electron chi connectivity index (χ0n) is 10.9. The van der Waals surface area contributed by atoms with Crippen molar-refractivity contribution in [3.05, 3.63) is 11.4 Å². The lowest BCUT2D eigenvalue weighted by Gasteiger charge is -2.31. The van der Waals surface area contributed by atoms with Gasteiger partial charge in [-0.3, -0.25) is 0 Å². The van der Waals surface area contributed by atoms with Crippen LogP contribution in [0, 0.1) is 5.92 Å². The first-order valence-electron chi connectivity index (χ1n) is 6.27. The van der Waals surface area contributed by atoms with Crippen LogP contribution in [-0.4, -0.2) is 38.4 Å². The maximum atomic E-state index is 12.5. The van der Waals surface area contributed by atoms with E-state index >= 15 is 0 Å². The molecule has 1 unspecified atom stereocenters. The molecule has 1 aromatic rings. The first-order chi connectivity index (χ1) is 9.39. The number of nitrogens with two attached hydrogens (primary N) is 2. The Morgan fingerprint density at radius 3 is 2.90 bits per heavy atom. The predicted molar refractivity (Wildman–Crippen MR) is 77.8 cm³/mol. The quantitative estimate of drug-likeness (QED) is 0.744. The maximum absolute atomic E-state index is 12.5. The molecule has 5 N–H and O–H groups in total. The number of urea groups is 1. The van der Waals surface area contributed by atoms with Crippen LogP contribution in [0.5, 0.6) is 0 Å². The number of carbonyl (C=O) groups is 1. The van der Waals surface area contributed by atoms with Gasteiger partial charge in [-0.2, -0.15) is 4.31 Å². The molecule has 0 aromatic carbocycles. The van der Waals surface area contributed by atoms with Crippen molar-refractivity contribution in [1.29, 1.82) is 0 Å². The van der Waals surface area contributed by atoms with Crippen LogP contribution in [0.1, 0.15) is 12.8 Å². The van der Waals surface area contributed by atoms with E-state index in [1.165, 1.54) is 10.4 Å². The van der Waals surface area contributed by atoms with Crippen molar-refractivity contribution in [2.75, 3.05) is 25.4 Å². The Morgan fingerprint density at radius 1 is 1.55 bits per heavy atom. The highest BCUT2D eigenvalue weighted by Crippen LogP contribution is 2.28. The monoisotopic (exact) mass is 318 g/mol. The fourth-order valence-corrected chi connectivity index (χ4v) is 5.04. The Bertz CT molecular complexity index is 584. The topological polar surface area (TPSA) is 119 Å². The van der Waals surface area contributed by atoms with Crippen molar-refractivity contribution in [3.63, 3.8) is 0 Å². The number of rotatable bonds is 4. The number of amides is 2. The van der Waals surface area contributed by atoms with Crippen LogP contribution in [0.15, 0.2) is 15.7 Å². The van der Waals surface area contributed by atoms with E-state index in [9.17, 15) is 13.2 Å². The van der Waals surface area contributed by atoms with Gasteiger partial charge >= 0.3 is 6.03 Å². The van der Waals surface area contributed by atoms with Gasteiger partial charge in [0.25, 0.3) is 10.0 Å². The molecular formula is C11H18N4O3S2. The number of primary amides is 1. The van der Waals surface area contributed by atoms with Gasteiger partial charge < -0.3 is 16.8 Å². The van der Waals surface area contributed by atoms with Crippen LogP contribution >= 0.6 is 11.3 Å². The van der Waals surface area contributed by atoms with Gasteiger partial charge in [0.05, 0.1) is 0 Å². The number of nitrogen functional groups attached to an aromatic ring is 1. The minimum atomic E-state index is -3.48. The molecule has 112 valence electrons. The molecule has 9 heteroatoms. The van der Waals surface area contributed by atoms with Crippen molar-refractivity contribution >= 4 is 33.1 Å².